The highest BCUT2D eigenvalue weighted by Crippen LogP contribution is 2.14. The number of methoxy groups -OCH3 is 1. The lowest BCUT2D eigenvalue weighted by Crippen LogP contribution is -2.33. The van der Waals surface area contributed by atoms with Crippen LogP contribution in [0.2, 0.25) is 5.28 Å². The number of hydrogen-bond donors (Lipinski definition) is 0. The van der Waals surface area contributed by atoms with Gasteiger partial charge in [0.2, 0.25) is 15.3 Å². The van der Waals surface area contributed by atoms with Gasteiger partial charge < -0.3 is 4.74 Å². The molecule has 0 N–H and O–H groups in total. The van der Waals surface area contributed by atoms with Gasteiger partial charge in [-0.15, -0.1) is 0 Å². The van der Waals surface area contributed by atoms with Crippen LogP contribution in [0.1, 0.15) is 6.92 Å². The van der Waals surface area contributed by atoms with Crippen molar-refractivity contribution in [2.75, 3.05) is 26.8 Å². The van der Waals surface area contributed by atoms with Crippen molar-refractivity contribution >= 4 is 21.6 Å². The van der Waals surface area contributed by atoms with E-state index in [2.05, 4.69) is 9.97 Å². The highest BCUT2D eigenvalue weighted by molar-refractivity contribution is 7.89. The van der Waals surface area contributed by atoms with Gasteiger partial charge >= 0.3 is 0 Å². The molecule has 17 heavy (non-hydrogen) atoms. The summed E-state index contributed by atoms with van der Waals surface area (Å²) in [6.45, 7) is 2.73. The van der Waals surface area contributed by atoms with Crippen LogP contribution in [0.15, 0.2) is 17.3 Å². The Morgan fingerprint density at radius 3 is 2.47 bits per heavy atom. The molecule has 96 valence electrons. The average molecular weight is 280 g/mol. The third-order valence-corrected chi connectivity index (χ3v) is 4.25. The third kappa shape index (κ3) is 3.60. The Balaban J connectivity index is 2.95. The molecule has 0 fully saturated rings. The summed E-state index contributed by atoms with van der Waals surface area (Å²) in [6.07, 6.45) is 2.39. The zero-order chi connectivity index (χ0) is 12.9. The Bertz CT molecular complexity index is 449. The molecule has 0 atom stereocenters. The highest BCUT2D eigenvalue weighted by Gasteiger charge is 2.23. The van der Waals surface area contributed by atoms with Crippen molar-refractivity contribution in [2.45, 2.75) is 11.8 Å². The standard InChI is InChI=1S/C9H14ClN3O3S/c1-3-13(4-5-16-2)17(14,15)8-6-11-9(10)12-7-8/h6-7H,3-5H2,1-2H3. The molecule has 0 saturated heterocycles. The summed E-state index contributed by atoms with van der Waals surface area (Å²) in [5, 5.41) is 0.0175. The van der Waals surface area contributed by atoms with E-state index in [0.29, 0.717) is 13.2 Å². The molecule has 0 bridgehead atoms. The fourth-order valence-electron chi connectivity index (χ4n) is 1.22. The predicted octanol–water partition coefficient (Wildman–Crippen LogP) is 0.787. The minimum absolute atomic E-state index is 0.0175. The first kappa shape index (κ1) is 14.3. The van der Waals surface area contributed by atoms with Crippen LogP contribution in [-0.4, -0.2) is 49.5 Å². The number of nitrogens with zero attached hydrogens (tertiary/aromatic N) is 3. The molecule has 6 nitrogen and oxygen atoms in total. The van der Waals surface area contributed by atoms with E-state index < -0.39 is 10.0 Å². The highest BCUT2D eigenvalue weighted by atomic mass is 35.5. The van der Waals surface area contributed by atoms with E-state index in [9.17, 15) is 8.42 Å². The van der Waals surface area contributed by atoms with Gasteiger partial charge in [0.1, 0.15) is 4.90 Å². The SMILES string of the molecule is CCN(CCOC)S(=O)(=O)c1cnc(Cl)nc1. The Morgan fingerprint density at radius 1 is 1.41 bits per heavy atom. The summed E-state index contributed by atoms with van der Waals surface area (Å²) >= 11 is 5.51. The smallest absolute Gasteiger partial charge is 0.246 e. The Kier molecular flexibility index (Phi) is 5.26. The quantitative estimate of drug-likeness (QED) is 0.720. The number of hydrogen-bond acceptors (Lipinski definition) is 5. The fraction of sp³-hybridized carbons (Fsp3) is 0.556. The largest absolute Gasteiger partial charge is 0.383 e. The van der Waals surface area contributed by atoms with Gasteiger partial charge in [0.25, 0.3) is 0 Å². The van der Waals surface area contributed by atoms with Gasteiger partial charge in [0.15, 0.2) is 0 Å². The van der Waals surface area contributed by atoms with E-state index in [1.807, 2.05) is 0 Å². The minimum atomic E-state index is -3.57. The molecule has 1 rings (SSSR count). The van der Waals surface area contributed by atoms with Crippen molar-refractivity contribution in [3.63, 3.8) is 0 Å². The van der Waals surface area contributed by atoms with E-state index in [1.54, 1.807) is 6.92 Å². The zero-order valence-electron chi connectivity index (χ0n) is 9.63. The minimum Gasteiger partial charge on any atom is -0.383 e. The van der Waals surface area contributed by atoms with Crippen LogP contribution in [0.4, 0.5) is 0 Å². The number of sulfonamides is 1. The molecule has 1 aromatic rings. The number of likely N-dealkylation sites (N-methyl/N-ethyl adjacent to an activating group) is 1. The molecular formula is C9H14ClN3O3S. The van der Waals surface area contributed by atoms with Crippen LogP contribution in [0.3, 0.4) is 0 Å². The lowest BCUT2D eigenvalue weighted by Gasteiger charge is -2.19. The van der Waals surface area contributed by atoms with Crippen molar-refractivity contribution in [1.29, 1.82) is 0 Å². The summed E-state index contributed by atoms with van der Waals surface area (Å²) < 4.78 is 30.4. The van der Waals surface area contributed by atoms with Crippen molar-refractivity contribution in [2.24, 2.45) is 0 Å². The third-order valence-electron chi connectivity index (χ3n) is 2.13. The molecule has 0 aliphatic carbocycles. The molecule has 0 amide bonds. The predicted molar refractivity (Wildman–Crippen MR) is 63.4 cm³/mol. The topological polar surface area (TPSA) is 72.4 Å². The Morgan fingerprint density at radius 2 is 2.00 bits per heavy atom. The van der Waals surface area contributed by atoms with Crippen molar-refractivity contribution in [3.05, 3.63) is 17.7 Å². The second kappa shape index (κ2) is 6.25. The van der Waals surface area contributed by atoms with Crippen molar-refractivity contribution in [3.8, 4) is 0 Å². The van der Waals surface area contributed by atoms with E-state index in [1.165, 1.54) is 23.8 Å². The first-order valence-electron chi connectivity index (χ1n) is 4.99. The van der Waals surface area contributed by atoms with Gasteiger partial charge in [-0.2, -0.15) is 4.31 Å². The maximum Gasteiger partial charge on any atom is 0.246 e. The lowest BCUT2D eigenvalue weighted by molar-refractivity contribution is 0.180. The molecule has 1 heterocycles. The lowest BCUT2D eigenvalue weighted by atomic mass is 10.6. The fourth-order valence-corrected chi connectivity index (χ4v) is 2.65. The zero-order valence-corrected chi connectivity index (χ0v) is 11.2. The molecule has 0 radical (unpaired) electrons. The molecular weight excluding hydrogens is 266 g/mol. The average Bonchev–Trinajstić information content (AvgIpc) is 2.30. The molecule has 0 aliphatic rings. The van der Waals surface area contributed by atoms with Crippen LogP contribution in [0.5, 0.6) is 0 Å². The number of halogens is 1. The number of rotatable bonds is 6. The van der Waals surface area contributed by atoms with Gasteiger partial charge in [0.05, 0.1) is 19.0 Å². The molecule has 0 spiro atoms. The number of ether oxygens (including phenoxy) is 1. The molecule has 8 heteroatoms. The first-order chi connectivity index (χ1) is 8.02. The van der Waals surface area contributed by atoms with Crippen molar-refractivity contribution in [1.82, 2.24) is 14.3 Å². The van der Waals surface area contributed by atoms with Crippen LogP contribution in [0, 0.1) is 0 Å². The molecule has 0 saturated carbocycles. The second-order valence-corrected chi connectivity index (χ2v) is 5.45. The summed E-state index contributed by atoms with van der Waals surface area (Å²) in [4.78, 5) is 7.35. The van der Waals surface area contributed by atoms with Crippen molar-refractivity contribution < 1.29 is 13.2 Å². The molecule has 1 aromatic heterocycles. The summed E-state index contributed by atoms with van der Waals surface area (Å²) in [7, 11) is -2.05. The first-order valence-corrected chi connectivity index (χ1v) is 6.80. The van der Waals surface area contributed by atoms with Gasteiger partial charge in [0, 0.05) is 20.2 Å². The van der Waals surface area contributed by atoms with E-state index in [0.717, 1.165) is 0 Å². The monoisotopic (exact) mass is 279 g/mol. The van der Waals surface area contributed by atoms with Gasteiger partial charge in [-0.25, -0.2) is 18.4 Å². The number of aromatic nitrogens is 2. The van der Waals surface area contributed by atoms with Gasteiger partial charge in [-0.05, 0) is 11.6 Å². The summed E-state index contributed by atoms with van der Waals surface area (Å²) in [5.74, 6) is 0. The molecule has 0 aliphatic heterocycles. The second-order valence-electron chi connectivity index (χ2n) is 3.18. The van der Waals surface area contributed by atoms with Gasteiger partial charge in [-0.1, -0.05) is 6.92 Å². The van der Waals surface area contributed by atoms with E-state index in [-0.39, 0.29) is 16.7 Å². The van der Waals surface area contributed by atoms with Crippen LogP contribution in [0.25, 0.3) is 0 Å². The summed E-state index contributed by atoms with van der Waals surface area (Å²) in [6, 6.07) is 0. The Hall–Kier alpha value is -0.760. The van der Waals surface area contributed by atoms with E-state index >= 15 is 0 Å². The summed E-state index contributed by atoms with van der Waals surface area (Å²) in [5.41, 5.74) is 0. The molecule has 0 unspecified atom stereocenters. The maximum atomic E-state index is 12.1. The van der Waals surface area contributed by atoms with E-state index in [4.69, 9.17) is 16.3 Å². The maximum absolute atomic E-state index is 12.1. The van der Waals surface area contributed by atoms with Crippen LogP contribution in [-0.2, 0) is 14.8 Å². The van der Waals surface area contributed by atoms with Crippen LogP contribution < -0.4 is 0 Å². The normalized spacial score (nSPS) is 12.0. The van der Waals surface area contributed by atoms with Crippen LogP contribution >= 0.6 is 11.6 Å². The molecule has 0 aromatic carbocycles. The van der Waals surface area contributed by atoms with Gasteiger partial charge in [-0.3, -0.25) is 0 Å². The Labute approximate surface area is 106 Å².